The van der Waals surface area contributed by atoms with Crippen molar-refractivity contribution in [3.05, 3.63) is 81.4 Å². The lowest BCUT2D eigenvalue weighted by Crippen LogP contribution is -2.57. The summed E-state index contributed by atoms with van der Waals surface area (Å²) >= 11 is 0. The van der Waals surface area contributed by atoms with Crippen LogP contribution in [0.25, 0.3) is 10.9 Å². The third-order valence-electron chi connectivity index (χ3n) is 15.5. The second-order valence-electron chi connectivity index (χ2n) is 23.9. The standard InChI is InChI=1S/C60H88N14O20S.C4F6O2.CH4/c1-40-30-43(31-41(2)55(40)95(89,90)69-46(59(87)88)34-66-56(84)45-35-70(4)47-32-42(9-10-44(47)54(45)83)33-67-60-64-13-14-65-60)94-25-5-8-48(75)62-11-6-23-91-26-28-93-29-27-92-24-7-12-63-58(86)53(57(85)61-3)68-49(76)36-71-15-17-72(37-50(77)78)19-21-74(39-52(81)82)22-20-73(18-16-71)38-51(79)80;5-3(6,7)1(11)2(12)4(8,9)10;/h9-10,13-14,30-32,35,46,53,69H,5-8,11-12,15-29,33-34,36-39H2,1-4H3,(H,61,85)(H,62,75)(H,63,86)(H,66,84)(H,68,76)(H,77,78)(H,79,80)(H,81,82)(H,87,88)(H2,64,65,67);;1H4/t46-,53+;;/m0../s1. The van der Waals surface area contributed by atoms with Crippen LogP contribution in [0.3, 0.4) is 0 Å². The normalized spacial score (nSPS) is 14.2. The number of anilines is 1. The third-order valence-corrected chi connectivity index (χ3v) is 17.3. The number of alkyl halides is 6. The number of carbonyl (C=O) groups is 11. The Hall–Kier alpha value is -9.76. The van der Waals surface area contributed by atoms with Gasteiger partial charge in [-0.25, -0.2) is 13.4 Å². The van der Waals surface area contributed by atoms with Crippen LogP contribution in [-0.2, 0) is 85.8 Å². The molecule has 5 rings (SSSR count). The molecule has 36 nitrogen and oxygen atoms in total. The minimum atomic E-state index is -5.77. The van der Waals surface area contributed by atoms with Gasteiger partial charge in [-0.1, -0.05) is 13.5 Å². The monoisotopic (exact) mass is 1570 g/mol. The number of aromatic nitrogens is 3. The number of ketones is 2. The summed E-state index contributed by atoms with van der Waals surface area (Å²) < 4.78 is 121. The van der Waals surface area contributed by atoms with Crippen LogP contribution >= 0.6 is 0 Å². The van der Waals surface area contributed by atoms with Crippen LogP contribution in [0.2, 0.25) is 0 Å². The van der Waals surface area contributed by atoms with Crippen molar-refractivity contribution in [1.82, 2.24) is 65.4 Å². The molecule has 3 heterocycles. The Balaban J connectivity index is 0.00000213. The molecule has 108 heavy (non-hydrogen) atoms. The number of nitrogens with zero attached hydrogens (tertiary/aromatic N) is 6. The quantitative estimate of drug-likeness (QED) is 0.0115. The Morgan fingerprint density at radius 1 is 0.639 bits per heavy atom. The Morgan fingerprint density at radius 3 is 1.59 bits per heavy atom. The van der Waals surface area contributed by atoms with Gasteiger partial charge in [0.2, 0.25) is 27.3 Å². The molecular weight excluding hydrogens is 1470 g/mol. The lowest BCUT2D eigenvalue weighted by atomic mass is 10.1. The van der Waals surface area contributed by atoms with E-state index in [1.54, 1.807) is 61.8 Å². The van der Waals surface area contributed by atoms with Crippen molar-refractivity contribution in [2.45, 2.75) is 82.8 Å². The zero-order valence-electron chi connectivity index (χ0n) is 58.9. The van der Waals surface area contributed by atoms with Gasteiger partial charge in [-0.05, 0) is 74.1 Å². The highest BCUT2D eigenvalue weighted by molar-refractivity contribution is 7.89. The van der Waals surface area contributed by atoms with Crippen molar-refractivity contribution in [3.8, 4) is 5.75 Å². The number of Topliss-reactive ketones (excluding diaryl/α,β-unsaturated/α-hetero) is 2. The number of aryl methyl sites for hydroxylation is 3. The molecule has 43 heteroatoms. The van der Waals surface area contributed by atoms with Crippen molar-refractivity contribution in [2.75, 3.05) is 157 Å². The minimum Gasteiger partial charge on any atom is -0.494 e. The van der Waals surface area contributed by atoms with E-state index in [0.717, 1.165) is 5.56 Å². The van der Waals surface area contributed by atoms with E-state index in [1.165, 1.54) is 39.2 Å². The molecule has 4 aromatic rings. The summed E-state index contributed by atoms with van der Waals surface area (Å²) in [6.45, 7) is 5.14. The summed E-state index contributed by atoms with van der Waals surface area (Å²) in [5.74, 6) is -14.1. The van der Waals surface area contributed by atoms with E-state index in [2.05, 4.69) is 46.6 Å². The molecule has 0 radical (unpaired) electrons. The van der Waals surface area contributed by atoms with E-state index >= 15 is 0 Å². The molecule has 2 atom stereocenters. The number of H-pyrrole nitrogens is 1. The van der Waals surface area contributed by atoms with Gasteiger partial charge in [-0.15, -0.1) is 0 Å². The van der Waals surface area contributed by atoms with E-state index in [4.69, 9.17) is 18.9 Å². The number of fused-ring (bicyclic) bond motifs is 1. The molecule has 602 valence electrons. The van der Waals surface area contributed by atoms with Gasteiger partial charge in [0.1, 0.15) is 17.4 Å². The Labute approximate surface area is 615 Å². The molecule has 0 bridgehead atoms. The predicted octanol–water partition coefficient (Wildman–Crippen LogP) is -0.535. The van der Waals surface area contributed by atoms with Gasteiger partial charge < -0.3 is 80.8 Å². The highest BCUT2D eigenvalue weighted by atomic mass is 32.2. The number of aliphatic carboxylic acids is 4. The maximum Gasteiger partial charge on any atom is 0.458 e. The highest BCUT2D eigenvalue weighted by Crippen LogP contribution is 2.27. The van der Waals surface area contributed by atoms with Crippen molar-refractivity contribution in [3.63, 3.8) is 0 Å². The number of benzene rings is 2. The summed E-state index contributed by atoms with van der Waals surface area (Å²) in [6.07, 6.45) is -5.55. The number of ether oxygens (including phenoxy) is 4. The molecule has 0 spiro atoms. The van der Waals surface area contributed by atoms with E-state index in [0.29, 0.717) is 62.8 Å². The van der Waals surface area contributed by atoms with Crippen molar-refractivity contribution >= 4 is 91.9 Å². The van der Waals surface area contributed by atoms with Crippen LogP contribution in [-0.4, -0.2) is 304 Å². The van der Waals surface area contributed by atoms with Crippen LogP contribution in [0.1, 0.15) is 60.2 Å². The topological polar surface area (TPSA) is 488 Å². The Morgan fingerprint density at radius 2 is 1.13 bits per heavy atom. The van der Waals surface area contributed by atoms with E-state index in [1.807, 2.05) is 0 Å². The number of aromatic amines is 1. The average molecular weight is 1570 g/mol. The van der Waals surface area contributed by atoms with Crippen LogP contribution in [0, 0.1) is 13.8 Å². The van der Waals surface area contributed by atoms with Gasteiger partial charge in [-0.3, -0.25) is 77.1 Å². The fourth-order valence-corrected chi connectivity index (χ4v) is 11.9. The lowest BCUT2D eigenvalue weighted by molar-refractivity contribution is -0.193. The zero-order chi connectivity index (χ0) is 79.6. The van der Waals surface area contributed by atoms with E-state index < -0.39 is 106 Å². The van der Waals surface area contributed by atoms with Crippen molar-refractivity contribution in [2.24, 2.45) is 7.05 Å². The van der Waals surface area contributed by atoms with E-state index in [-0.39, 0.29) is 165 Å². The molecule has 0 unspecified atom stereocenters. The molecule has 0 aliphatic carbocycles. The third kappa shape index (κ3) is 33.2. The van der Waals surface area contributed by atoms with Crippen LogP contribution in [0.4, 0.5) is 32.3 Å². The molecule has 1 aliphatic heterocycles. The Bertz CT molecular complexity index is 3790. The maximum absolute atomic E-state index is 13.6. The summed E-state index contributed by atoms with van der Waals surface area (Å²) in [7, 11) is -1.52. The smallest absolute Gasteiger partial charge is 0.458 e. The fraction of sp³-hybridized carbons (Fsp3) is 0.554. The van der Waals surface area contributed by atoms with Crippen molar-refractivity contribution < 1.29 is 127 Å². The first-order valence-electron chi connectivity index (χ1n) is 33.1. The van der Waals surface area contributed by atoms with Gasteiger partial charge in [0.25, 0.3) is 17.7 Å². The predicted molar refractivity (Wildman–Crippen MR) is 371 cm³/mol. The number of imidazole rings is 1. The molecule has 5 amide bonds. The molecule has 0 saturated carbocycles. The number of hydrogen-bond acceptors (Lipinski definition) is 24. The second kappa shape index (κ2) is 45.8. The molecule has 1 saturated heterocycles. The second-order valence-corrected chi connectivity index (χ2v) is 25.6. The molecule has 1 aliphatic rings. The maximum atomic E-state index is 13.6. The largest absolute Gasteiger partial charge is 0.494 e. The van der Waals surface area contributed by atoms with Crippen LogP contribution < -0.4 is 46.8 Å². The van der Waals surface area contributed by atoms with Crippen LogP contribution in [0.15, 0.2) is 58.6 Å². The molecule has 12 N–H and O–H groups in total. The number of nitrogens with one attached hydrogen (secondary N) is 8. The van der Waals surface area contributed by atoms with E-state index in [9.17, 15) is 113 Å². The van der Waals surface area contributed by atoms with Gasteiger partial charge >= 0.3 is 47.8 Å². The minimum absolute atomic E-state index is 0. The number of pyridine rings is 1. The first-order chi connectivity index (χ1) is 50.4. The summed E-state index contributed by atoms with van der Waals surface area (Å²) in [6, 6.07) is 4.66. The number of carbonyl (C=O) groups excluding carboxylic acids is 7. The van der Waals surface area contributed by atoms with Gasteiger partial charge in [0.15, 0.2) is 12.0 Å². The summed E-state index contributed by atoms with van der Waals surface area (Å²) in [5, 5.41) is 54.4. The lowest BCUT2D eigenvalue weighted by Gasteiger charge is -2.33. The fourth-order valence-electron chi connectivity index (χ4n) is 10.3. The number of amides is 5. The molecule has 1 fully saturated rings. The number of sulfonamides is 1. The summed E-state index contributed by atoms with van der Waals surface area (Å²) in [5.41, 5.74) is 1.03. The SMILES string of the molecule is C.CNC(=O)[C@@H](NC(=O)CN1CCN(CC(=O)O)CCN(CC(=O)O)CCN(CC(=O)O)CC1)C(=O)NCCCOCCOCCOCCCNC(=O)CCCOc1cc(C)c(S(=O)(=O)N[C@@H](CNC(=O)c2cn(C)c3cc(CNc4ncc[nH]4)ccc3c2=O)C(=O)O)c(C)c1.O=C(C(=O)C(F)(F)F)C(F)(F)F. The number of carboxylic acid groups (broad SMARTS) is 4. The van der Waals surface area contributed by atoms with Crippen molar-refractivity contribution in [1.29, 1.82) is 0 Å². The highest BCUT2D eigenvalue weighted by Gasteiger charge is 2.54. The number of halogens is 6. The average Bonchev–Trinajstić information content (AvgIpc) is 0.865. The van der Waals surface area contributed by atoms with Gasteiger partial charge in [-0.2, -0.15) is 31.1 Å². The molecular formula is C65H92F6N14O22S. The zero-order valence-corrected chi connectivity index (χ0v) is 59.7. The number of rotatable bonds is 41. The number of likely N-dealkylation sites (N-methyl/N-ethyl adjacent to an activating group) is 1. The van der Waals surface area contributed by atoms with Crippen LogP contribution in [0.5, 0.6) is 5.75 Å². The first kappa shape index (κ1) is 92.4. The molecule has 2 aromatic heterocycles. The Kier molecular flexibility index (Phi) is 39.2. The summed E-state index contributed by atoms with van der Waals surface area (Å²) in [4.78, 5) is 158. The number of carboxylic acids is 4. The number of hydrogen-bond donors (Lipinski definition) is 12. The van der Waals surface area contributed by atoms with Gasteiger partial charge in [0, 0.05) is 136 Å². The molecule has 2 aromatic carbocycles. The van der Waals surface area contributed by atoms with Gasteiger partial charge in [0.05, 0.1) is 69.6 Å². The first-order valence-corrected chi connectivity index (χ1v) is 34.6.